The molecule has 7 heteroatoms. The summed E-state index contributed by atoms with van der Waals surface area (Å²) in [6, 6.07) is 19.3. The molecule has 1 saturated heterocycles. The molecule has 1 amide bonds. The van der Waals surface area contributed by atoms with Crippen molar-refractivity contribution in [1.29, 1.82) is 0 Å². The van der Waals surface area contributed by atoms with E-state index in [4.69, 9.17) is 9.47 Å². The van der Waals surface area contributed by atoms with Crippen LogP contribution in [0, 0.1) is 6.92 Å². The highest BCUT2D eigenvalue weighted by Gasteiger charge is 2.14. The molecule has 1 aliphatic rings. The molecule has 0 spiro atoms. The number of hydrogen-bond donors (Lipinski definition) is 1. The number of carbonyl (C=O) groups is 1. The number of anilines is 1. The summed E-state index contributed by atoms with van der Waals surface area (Å²) in [5.41, 5.74) is 5.27. The van der Waals surface area contributed by atoms with Crippen LogP contribution in [-0.2, 0) is 17.9 Å². The number of pyridine rings is 1. The summed E-state index contributed by atoms with van der Waals surface area (Å²) in [6.07, 6.45) is 3.91. The topological polar surface area (TPSA) is 68.1 Å². The number of morpholine rings is 1. The maximum Gasteiger partial charge on any atom is 0.259 e. The Kier molecular flexibility index (Phi) is 6.56. The largest absolute Gasteiger partial charge is 0.486 e. The molecule has 7 nitrogen and oxygen atoms in total. The van der Waals surface area contributed by atoms with Crippen LogP contribution in [0.15, 0.2) is 73.1 Å². The van der Waals surface area contributed by atoms with Gasteiger partial charge in [0.15, 0.2) is 0 Å². The number of aromatic nitrogens is 2. The molecule has 0 bridgehead atoms. The molecule has 1 aliphatic heterocycles. The molecule has 0 unspecified atom stereocenters. The first kappa shape index (κ1) is 22.1. The molecular formula is C27H28N4O3. The van der Waals surface area contributed by atoms with Gasteiger partial charge in [-0.3, -0.25) is 9.69 Å². The molecular weight excluding hydrogens is 428 g/mol. The summed E-state index contributed by atoms with van der Waals surface area (Å²) < 4.78 is 13.4. The van der Waals surface area contributed by atoms with E-state index in [1.165, 1.54) is 5.56 Å². The normalized spacial score (nSPS) is 14.3. The number of carbonyl (C=O) groups excluding carboxylic acids is 1. The molecule has 0 aliphatic carbocycles. The standard InChI is InChI=1S/C27H28N4O3/c1-20-5-4-12-31-18-23(28-26(20)31)19-34-25-7-3-2-6-24(25)27(32)29-22-10-8-21(9-11-22)17-30-13-15-33-16-14-30/h2-12,18H,13-17,19H2,1H3,(H,29,32). The summed E-state index contributed by atoms with van der Waals surface area (Å²) in [7, 11) is 0. The number of hydrogen-bond acceptors (Lipinski definition) is 5. The molecule has 34 heavy (non-hydrogen) atoms. The van der Waals surface area contributed by atoms with Crippen LogP contribution in [0.2, 0.25) is 0 Å². The molecule has 174 valence electrons. The Morgan fingerprint density at radius 2 is 1.85 bits per heavy atom. The van der Waals surface area contributed by atoms with Crippen molar-refractivity contribution in [3.63, 3.8) is 0 Å². The van der Waals surface area contributed by atoms with Gasteiger partial charge in [0.25, 0.3) is 5.91 Å². The molecule has 5 rings (SSSR count). The van der Waals surface area contributed by atoms with Crippen molar-refractivity contribution in [2.45, 2.75) is 20.1 Å². The van der Waals surface area contributed by atoms with Crippen LogP contribution >= 0.6 is 0 Å². The molecule has 1 N–H and O–H groups in total. The molecule has 0 atom stereocenters. The van der Waals surface area contributed by atoms with E-state index >= 15 is 0 Å². The first-order valence-electron chi connectivity index (χ1n) is 11.5. The van der Waals surface area contributed by atoms with Crippen molar-refractivity contribution in [3.8, 4) is 5.75 Å². The van der Waals surface area contributed by atoms with Crippen LogP contribution in [0.1, 0.15) is 27.2 Å². The Morgan fingerprint density at radius 3 is 2.65 bits per heavy atom. The van der Waals surface area contributed by atoms with Gasteiger partial charge in [-0.25, -0.2) is 4.98 Å². The van der Waals surface area contributed by atoms with Gasteiger partial charge >= 0.3 is 0 Å². The predicted molar refractivity (Wildman–Crippen MR) is 131 cm³/mol. The van der Waals surface area contributed by atoms with Gasteiger partial charge in [0.05, 0.1) is 24.5 Å². The third kappa shape index (κ3) is 5.11. The number of nitrogens with one attached hydrogen (secondary N) is 1. The number of ether oxygens (including phenoxy) is 2. The van der Waals surface area contributed by atoms with Crippen LogP contribution in [0.25, 0.3) is 5.65 Å². The summed E-state index contributed by atoms with van der Waals surface area (Å²) in [5, 5.41) is 2.98. The van der Waals surface area contributed by atoms with E-state index in [-0.39, 0.29) is 12.5 Å². The van der Waals surface area contributed by atoms with E-state index in [0.717, 1.165) is 55.4 Å². The number of amides is 1. The Balaban J connectivity index is 1.23. The quantitative estimate of drug-likeness (QED) is 0.449. The van der Waals surface area contributed by atoms with E-state index in [2.05, 4.69) is 27.3 Å². The zero-order valence-corrected chi connectivity index (χ0v) is 19.2. The molecule has 2 aromatic heterocycles. The molecule has 2 aromatic carbocycles. The zero-order chi connectivity index (χ0) is 23.3. The summed E-state index contributed by atoms with van der Waals surface area (Å²) in [6.45, 7) is 6.66. The fourth-order valence-electron chi connectivity index (χ4n) is 4.12. The molecule has 1 fully saturated rings. The highest BCUT2D eigenvalue weighted by molar-refractivity contribution is 6.06. The van der Waals surface area contributed by atoms with Gasteiger partial charge in [0, 0.05) is 37.7 Å². The minimum Gasteiger partial charge on any atom is -0.486 e. The number of fused-ring (bicyclic) bond motifs is 1. The van der Waals surface area contributed by atoms with E-state index in [1.807, 2.05) is 60.1 Å². The average Bonchev–Trinajstić information content (AvgIpc) is 3.29. The van der Waals surface area contributed by atoms with Gasteiger partial charge in [0.2, 0.25) is 0 Å². The number of imidazole rings is 1. The predicted octanol–water partition coefficient (Wildman–Crippen LogP) is 4.31. The smallest absolute Gasteiger partial charge is 0.259 e. The van der Waals surface area contributed by atoms with E-state index in [0.29, 0.717) is 11.3 Å². The van der Waals surface area contributed by atoms with Crippen molar-refractivity contribution in [3.05, 3.63) is 95.4 Å². The summed E-state index contributed by atoms with van der Waals surface area (Å²) in [5.74, 6) is 0.320. The van der Waals surface area contributed by atoms with Gasteiger partial charge in [-0.1, -0.05) is 30.3 Å². The van der Waals surface area contributed by atoms with Crippen molar-refractivity contribution >= 4 is 17.2 Å². The Bertz CT molecular complexity index is 1280. The monoisotopic (exact) mass is 456 g/mol. The number of para-hydroxylation sites is 1. The molecule has 3 heterocycles. The van der Waals surface area contributed by atoms with E-state index in [9.17, 15) is 4.79 Å². The number of aryl methyl sites for hydroxylation is 1. The second-order valence-corrected chi connectivity index (χ2v) is 8.48. The van der Waals surface area contributed by atoms with Gasteiger partial charge in [-0.15, -0.1) is 0 Å². The highest BCUT2D eigenvalue weighted by atomic mass is 16.5. The minimum atomic E-state index is -0.206. The van der Waals surface area contributed by atoms with Crippen LogP contribution in [0.3, 0.4) is 0 Å². The molecule has 0 radical (unpaired) electrons. The van der Waals surface area contributed by atoms with Gasteiger partial charge in [-0.2, -0.15) is 0 Å². The van der Waals surface area contributed by atoms with Crippen LogP contribution in [-0.4, -0.2) is 46.5 Å². The first-order valence-corrected chi connectivity index (χ1v) is 11.5. The summed E-state index contributed by atoms with van der Waals surface area (Å²) >= 11 is 0. The molecule has 4 aromatic rings. The van der Waals surface area contributed by atoms with Gasteiger partial charge < -0.3 is 19.2 Å². The Hall–Kier alpha value is -3.68. The van der Waals surface area contributed by atoms with Crippen molar-refractivity contribution < 1.29 is 14.3 Å². The third-order valence-electron chi connectivity index (χ3n) is 5.96. The fraction of sp³-hybridized carbons (Fsp3) is 0.259. The lowest BCUT2D eigenvalue weighted by Gasteiger charge is -2.26. The maximum absolute atomic E-state index is 13.0. The Morgan fingerprint density at radius 1 is 1.06 bits per heavy atom. The number of nitrogens with zero attached hydrogens (tertiary/aromatic N) is 3. The first-order chi connectivity index (χ1) is 16.7. The van der Waals surface area contributed by atoms with Crippen LogP contribution in [0.4, 0.5) is 5.69 Å². The summed E-state index contributed by atoms with van der Waals surface area (Å²) in [4.78, 5) is 20.0. The number of rotatable bonds is 7. The van der Waals surface area contributed by atoms with Crippen LogP contribution in [0.5, 0.6) is 5.75 Å². The van der Waals surface area contributed by atoms with Gasteiger partial charge in [-0.05, 0) is 48.4 Å². The average molecular weight is 457 g/mol. The maximum atomic E-state index is 13.0. The third-order valence-corrected chi connectivity index (χ3v) is 5.96. The Labute approximate surface area is 198 Å². The lowest BCUT2D eigenvalue weighted by atomic mass is 10.1. The zero-order valence-electron chi connectivity index (χ0n) is 19.2. The molecule has 0 saturated carbocycles. The lowest BCUT2D eigenvalue weighted by molar-refractivity contribution is 0.0342. The van der Waals surface area contributed by atoms with Crippen molar-refractivity contribution in [1.82, 2.24) is 14.3 Å². The van der Waals surface area contributed by atoms with E-state index in [1.54, 1.807) is 12.1 Å². The van der Waals surface area contributed by atoms with Crippen molar-refractivity contribution in [2.75, 3.05) is 31.6 Å². The second-order valence-electron chi connectivity index (χ2n) is 8.48. The SMILES string of the molecule is Cc1cccn2cc(COc3ccccc3C(=O)Nc3ccc(CN4CCOCC4)cc3)nc12. The fourth-order valence-corrected chi connectivity index (χ4v) is 4.12. The van der Waals surface area contributed by atoms with E-state index < -0.39 is 0 Å². The van der Waals surface area contributed by atoms with Crippen LogP contribution < -0.4 is 10.1 Å². The minimum absolute atomic E-state index is 0.206. The van der Waals surface area contributed by atoms with Crippen molar-refractivity contribution in [2.24, 2.45) is 0 Å². The highest BCUT2D eigenvalue weighted by Crippen LogP contribution is 2.22. The number of benzene rings is 2. The lowest BCUT2D eigenvalue weighted by Crippen LogP contribution is -2.35. The second kappa shape index (κ2) is 10.1. The van der Waals surface area contributed by atoms with Gasteiger partial charge in [0.1, 0.15) is 18.0 Å².